The van der Waals surface area contributed by atoms with Crippen LogP contribution in [0.1, 0.15) is 5.56 Å². The van der Waals surface area contributed by atoms with Crippen LogP contribution in [0.3, 0.4) is 0 Å². The first kappa shape index (κ1) is 16.7. The molecule has 1 aliphatic rings. The van der Waals surface area contributed by atoms with Gasteiger partial charge in [-0.3, -0.25) is 4.90 Å². The molecule has 1 saturated heterocycles. The Morgan fingerprint density at radius 1 is 1.08 bits per heavy atom. The maximum atomic E-state index is 5.04. The number of rotatable bonds is 7. The molecular formula is C18H25N5O. The van der Waals surface area contributed by atoms with Gasteiger partial charge in [0.05, 0.1) is 6.61 Å². The molecule has 1 aromatic heterocycles. The lowest BCUT2D eigenvalue weighted by atomic mass is 10.2. The van der Waals surface area contributed by atoms with E-state index in [4.69, 9.17) is 4.74 Å². The fourth-order valence-corrected chi connectivity index (χ4v) is 2.85. The summed E-state index contributed by atoms with van der Waals surface area (Å²) in [6.45, 7) is 6.44. The van der Waals surface area contributed by atoms with Crippen molar-refractivity contribution >= 4 is 11.8 Å². The lowest BCUT2D eigenvalue weighted by molar-refractivity contribution is 0.210. The van der Waals surface area contributed by atoms with E-state index < -0.39 is 0 Å². The van der Waals surface area contributed by atoms with Crippen LogP contribution in [0, 0.1) is 0 Å². The van der Waals surface area contributed by atoms with Gasteiger partial charge in [-0.2, -0.15) is 4.98 Å². The van der Waals surface area contributed by atoms with Crippen LogP contribution in [0.2, 0.25) is 0 Å². The van der Waals surface area contributed by atoms with E-state index in [0.29, 0.717) is 19.1 Å². The fraction of sp³-hybridized carbons (Fsp3) is 0.444. The van der Waals surface area contributed by atoms with Crippen molar-refractivity contribution in [3.8, 4) is 0 Å². The van der Waals surface area contributed by atoms with E-state index in [2.05, 4.69) is 55.4 Å². The molecule has 3 rings (SSSR count). The van der Waals surface area contributed by atoms with Crippen molar-refractivity contribution in [1.82, 2.24) is 14.9 Å². The summed E-state index contributed by atoms with van der Waals surface area (Å²) in [6.07, 6.45) is 1.81. The second-order valence-corrected chi connectivity index (χ2v) is 5.91. The lowest BCUT2D eigenvalue weighted by Gasteiger charge is -2.35. The van der Waals surface area contributed by atoms with E-state index in [0.717, 1.165) is 38.5 Å². The van der Waals surface area contributed by atoms with Gasteiger partial charge >= 0.3 is 0 Å². The second kappa shape index (κ2) is 8.61. The molecule has 0 atom stereocenters. The van der Waals surface area contributed by atoms with Crippen LogP contribution in [-0.4, -0.2) is 61.3 Å². The Morgan fingerprint density at radius 3 is 2.62 bits per heavy atom. The van der Waals surface area contributed by atoms with Crippen LogP contribution >= 0.6 is 0 Å². The Labute approximate surface area is 143 Å². The van der Waals surface area contributed by atoms with Gasteiger partial charge in [0.25, 0.3) is 0 Å². The molecule has 1 aromatic carbocycles. The topological polar surface area (TPSA) is 53.5 Å². The number of hydrogen-bond acceptors (Lipinski definition) is 6. The Balaban J connectivity index is 1.52. The van der Waals surface area contributed by atoms with Crippen LogP contribution in [0.4, 0.5) is 11.8 Å². The highest BCUT2D eigenvalue weighted by Gasteiger charge is 2.18. The van der Waals surface area contributed by atoms with Crippen molar-refractivity contribution in [2.24, 2.45) is 0 Å². The van der Waals surface area contributed by atoms with E-state index in [1.807, 2.05) is 12.3 Å². The van der Waals surface area contributed by atoms with E-state index in [9.17, 15) is 0 Å². The summed E-state index contributed by atoms with van der Waals surface area (Å²) < 4.78 is 5.04. The van der Waals surface area contributed by atoms with Gasteiger partial charge in [-0.15, -0.1) is 0 Å². The molecule has 0 spiro atoms. The SMILES string of the molecule is COCCNc1nccc(N2CCN(Cc3ccccc3)CC2)n1. The highest BCUT2D eigenvalue weighted by molar-refractivity contribution is 5.43. The summed E-state index contributed by atoms with van der Waals surface area (Å²) in [6, 6.07) is 12.6. The second-order valence-electron chi connectivity index (χ2n) is 5.91. The van der Waals surface area contributed by atoms with E-state index in [-0.39, 0.29) is 0 Å². The molecule has 1 fully saturated rings. The molecule has 6 heteroatoms. The van der Waals surface area contributed by atoms with Crippen LogP contribution < -0.4 is 10.2 Å². The first-order chi connectivity index (χ1) is 11.8. The first-order valence-corrected chi connectivity index (χ1v) is 8.42. The van der Waals surface area contributed by atoms with Crippen molar-refractivity contribution in [1.29, 1.82) is 0 Å². The quantitative estimate of drug-likeness (QED) is 0.784. The minimum atomic E-state index is 0.645. The first-order valence-electron chi connectivity index (χ1n) is 8.42. The van der Waals surface area contributed by atoms with Gasteiger partial charge in [0.1, 0.15) is 5.82 Å². The number of hydrogen-bond donors (Lipinski definition) is 1. The number of methoxy groups -OCH3 is 1. The smallest absolute Gasteiger partial charge is 0.224 e. The molecule has 0 amide bonds. The number of ether oxygens (including phenoxy) is 1. The van der Waals surface area contributed by atoms with Gasteiger partial charge in [-0.1, -0.05) is 30.3 Å². The molecule has 0 saturated carbocycles. The van der Waals surface area contributed by atoms with Crippen molar-refractivity contribution in [3.63, 3.8) is 0 Å². The maximum Gasteiger partial charge on any atom is 0.224 e. The van der Waals surface area contributed by atoms with E-state index >= 15 is 0 Å². The van der Waals surface area contributed by atoms with Crippen LogP contribution in [0.25, 0.3) is 0 Å². The van der Waals surface area contributed by atoms with Crippen molar-refractivity contribution in [3.05, 3.63) is 48.2 Å². The number of aromatic nitrogens is 2. The van der Waals surface area contributed by atoms with Crippen LogP contribution in [0.15, 0.2) is 42.6 Å². The highest BCUT2D eigenvalue weighted by Crippen LogP contribution is 2.16. The van der Waals surface area contributed by atoms with Crippen LogP contribution in [0.5, 0.6) is 0 Å². The number of nitrogens with zero attached hydrogens (tertiary/aromatic N) is 4. The maximum absolute atomic E-state index is 5.04. The molecule has 0 aliphatic carbocycles. The molecule has 24 heavy (non-hydrogen) atoms. The van der Waals surface area contributed by atoms with Gasteiger partial charge in [-0.25, -0.2) is 4.98 Å². The van der Waals surface area contributed by atoms with Gasteiger partial charge in [0.2, 0.25) is 5.95 Å². The summed E-state index contributed by atoms with van der Waals surface area (Å²) in [5, 5.41) is 3.18. The number of piperazine rings is 1. The molecule has 128 valence electrons. The number of benzene rings is 1. The van der Waals surface area contributed by atoms with E-state index in [1.54, 1.807) is 7.11 Å². The third-order valence-corrected chi connectivity index (χ3v) is 4.18. The van der Waals surface area contributed by atoms with Gasteiger partial charge in [0, 0.05) is 52.6 Å². The molecule has 2 heterocycles. The summed E-state index contributed by atoms with van der Waals surface area (Å²) in [5.74, 6) is 1.65. The number of nitrogens with one attached hydrogen (secondary N) is 1. The fourth-order valence-electron chi connectivity index (χ4n) is 2.85. The average Bonchev–Trinajstić information content (AvgIpc) is 2.64. The molecule has 2 aromatic rings. The third kappa shape index (κ3) is 4.66. The summed E-state index contributed by atoms with van der Waals surface area (Å²) >= 11 is 0. The van der Waals surface area contributed by atoms with Gasteiger partial charge in [-0.05, 0) is 11.6 Å². The average molecular weight is 327 g/mol. The zero-order valence-corrected chi connectivity index (χ0v) is 14.2. The Bertz CT molecular complexity index is 614. The lowest BCUT2D eigenvalue weighted by Crippen LogP contribution is -2.46. The normalized spacial score (nSPS) is 15.5. The summed E-state index contributed by atoms with van der Waals surface area (Å²) in [4.78, 5) is 13.7. The van der Waals surface area contributed by atoms with Gasteiger partial charge in [0.15, 0.2) is 0 Å². The van der Waals surface area contributed by atoms with Gasteiger partial charge < -0.3 is 15.0 Å². The standard InChI is InChI=1S/C18H25N5O/c1-24-14-9-20-18-19-8-7-17(21-18)23-12-10-22(11-13-23)15-16-5-3-2-4-6-16/h2-8H,9-15H2,1H3,(H,19,20,21). The summed E-state index contributed by atoms with van der Waals surface area (Å²) in [5.41, 5.74) is 1.37. The predicted octanol–water partition coefficient (Wildman–Crippen LogP) is 1.86. The van der Waals surface area contributed by atoms with Crippen molar-refractivity contribution < 1.29 is 4.74 Å². The minimum Gasteiger partial charge on any atom is -0.383 e. The summed E-state index contributed by atoms with van der Waals surface area (Å²) in [7, 11) is 1.69. The Kier molecular flexibility index (Phi) is 5.98. The largest absolute Gasteiger partial charge is 0.383 e. The molecule has 6 nitrogen and oxygen atoms in total. The molecule has 1 aliphatic heterocycles. The van der Waals surface area contributed by atoms with Crippen molar-refractivity contribution in [2.75, 3.05) is 56.7 Å². The zero-order valence-electron chi connectivity index (χ0n) is 14.2. The molecule has 0 bridgehead atoms. The third-order valence-electron chi connectivity index (χ3n) is 4.18. The monoisotopic (exact) mass is 327 g/mol. The zero-order chi connectivity index (χ0) is 16.6. The Hall–Kier alpha value is -2.18. The minimum absolute atomic E-state index is 0.645. The number of anilines is 2. The molecule has 0 unspecified atom stereocenters. The molecular weight excluding hydrogens is 302 g/mol. The Morgan fingerprint density at radius 2 is 1.88 bits per heavy atom. The highest BCUT2D eigenvalue weighted by atomic mass is 16.5. The molecule has 1 N–H and O–H groups in total. The predicted molar refractivity (Wildman–Crippen MR) is 96.3 cm³/mol. The molecule has 0 radical (unpaired) electrons. The van der Waals surface area contributed by atoms with Crippen molar-refractivity contribution in [2.45, 2.75) is 6.54 Å². The van der Waals surface area contributed by atoms with Crippen LogP contribution in [-0.2, 0) is 11.3 Å². The van der Waals surface area contributed by atoms with E-state index in [1.165, 1.54) is 5.56 Å².